The molecule has 2 amide bonds. The van der Waals surface area contributed by atoms with Crippen LogP contribution in [0.2, 0.25) is 0 Å². The zero-order valence-corrected chi connectivity index (χ0v) is 14.5. The van der Waals surface area contributed by atoms with Crippen molar-refractivity contribution in [3.8, 4) is 0 Å². The summed E-state index contributed by atoms with van der Waals surface area (Å²) < 4.78 is 38.3. The van der Waals surface area contributed by atoms with E-state index in [0.717, 1.165) is 12.1 Å². The number of anilines is 2. The van der Waals surface area contributed by atoms with Gasteiger partial charge in [0.05, 0.1) is 5.56 Å². The molecule has 0 fully saturated rings. The highest BCUT2D eigenvalue weighted by atomic mass is 19.4. The second kappa shape index (κ2) is 7.96. The zero-order chi connectivity index (χ0) is 20.1. The molecular formula is C21H15F3N2O2. The van der Waals surface area contributed by atoms with Crippen molar-refractivity contribution in [2.75, 3.05) is 10.6 Å². The number of amides is 2. The van der Waals surface area contributed by atoms with Crippen molar-refractivity contribution < 1.29 is 22.8 Å². The minimum absolute atomic E-state index is 0.0429. The molecular weight excluding hydrogens is 369 g/mol. The molecule has 3 aromatic carbocycles. The summed E-state index contributed by atoms with van der Waals surface area (Å²) >= 11 is 0. The van der Waals surface area contributed by atoms with Crippen LogP contribution in [-0.2, 0) is 6.18 Å². The fourth-order valence-electron chi connectivity index (χ4n) is 2.47. The third-order valence-electron chi connectivity index (χ3n) is 3.89. The molecule has 0 atom stereocenters. The van der Waals surface area contributed by atoms with Gasteiger partial charge >= 0.3 is 6.18 Å². The van der Waals surface area contributed by atoms with E-state index in [4.69, 9.17) is 0 Å². The van der Waals surface area contributed by atoms with Gasteiger partial charge in [-0.25, -0.2) is 0 Å². The Balaban J connectivity index is 1.66. The normalized spacial score (nSPS) is 11.0. The summed E-state index contributed by atoms with van der Waals surface area (Å²) in [5.41, 5.74) is 0.430. The Bertz CT molecular complexity index is 985. The van der Waals surface area contributed by atoms with Crippen molar-refractivity contribution in [2.24, 2.45) is 0 Å². The number of carbonyl (C=O) groups is 2. The van der Waals surface area contributed by atoms with Gasteiger partial charge in [-0.3, -0.25) is 9.59 Å². The Morgan fingerprint density at radius 2 is 1.21 bits per heavy atom. The molecule has 2 N–H and O–H groups in total. The van der Waals surface area contributed by atoms with Gasteiger partial charge in [0.1, 0.15) is 0 Å². The van der Waals surface area contributed by atoms with E-state index in [0.29, 0.717) is 11.3 Å². The first-order valence-electron chi connectivity index (χ1n) is 8.28. The van der Waals surface area contributed by atoms with E-state index >= 15 is 0 Å². The number of alkyl halides is 3. The quantitative estimate of drug-likeness (QED) is 0.649. The number of hydrogen-bond acceptors (Lipinski definition) is 2. The van der Waals surface area contributed by atoms with Gasteiger partial charge in [-0.1, -0.05) is 24.3 Å². The van der Waals surface area contributed by atoms with Crippen LogP contribution in [0.25, 0.3) is 0 Å². The average Bonchev–Trinajstić information content (AvgIpc) is 2.69. The Kier molecular flexibility index (Phi) is 5.44. The summed E-state index contributed by atoms with van der Waals surface area (Å²) in [6.07, 6.45) is -4.49. The van der Waals surface area contributed by atoms with Gasteiger partial charge in [-0.05, 0) is 54.6 Å². The van der Waals surface area contributed by atoms with Crippen LogP contribution in [0.4, 0.5) is 24.5 Å². The van der Waals surface area contributed by atoms with Crippen LogP contribution in [0.15, 0.2) is 78.9 Å². The molecule has 0 bridgehead atoms. The predicted molar refractivity (Wildman–Crippen MR) is 100 cm³/mol. The lowest BCUT2D eigenvalue weighted by Crippen LogP contribution is -2.14. The highest BCUT2D eigenvalue weighted by Gasteiger charge is 2.30. The van der Waals surface area contributed by atoms with Crippen LogP contribution in [-0.4, -0.2) is 11.8 Å². The molecule has 0 unspecified atom stereocenters. The molecule has 0 aliphatic rings. The summed E-state index contributed by atoms with van der Waals surface area (Å²) in [5, 5.41) is 5.13. The number of carbonyl (C=O) groups excluding carboxylic acids is 2. The monoisotopic (exact) mass is 384 g/mol. The van der Waals surface area contributed by atoms with Crippen LogP contribution in [0.1, 0.15) is 26.3 Å². The maximum atomic E-state index is 12.8. The maximum Gasteiger partial charge on any atom is 0.416 e. The predicted octanol–water partition coefficient (Wildman–Crippen LogP) is 5.21. The van der Waals surface area contributed by atoms with Crippen molar-refractivity contribution in [1.29, 1.82) is 0 Å². The van der Waals surface area contributed by atoms with E-state index in [2.05, 4.69) is 10.6 Å². The molecule has 0 saturated heterocycles. The summed E-state index contributed by atoms with van der Waals surface area (Å²) in [7, 11) is 0. The van der Waals surface area contributed by atoms with Gasteiger partial charge in [0.2, 0.25) is 0 Å². The van der Waals surface area contributed by atoms with Crippen molar-refractivity contribution in [3.05, 3.63) is 95.6 Å². The van der Waals surface area contributed by atoms with Crippen molar-refractivity contribution >= 4 is 23.2 Å². The molecule has 0 saturated carbocycles. The molecule has 7 heteroatoms. The first-order valence-corrected chi connectivity index (χ1v) is 8.28. The first kappa shape index (κ1) is 19.2. The average molecular weight is 384 g/mol. The van der Waals surface area contributed by atoms with Gasteiger partial charge in [0, 0.05) is 22.5 Å². The highest BCUT2D eigenvalue weighted by Crippen LogP contribution is 2.30. The topological polar surface area (TPSA) is 58.2 Å². The molecule has 0 aliphatic heterocycles. The Morgan fingerprint density at radius 1 is 0.643 bits per heavy atom. The van der Waals surface area contributed by atoms with Crippen molar-refractivity contribution in [2.45, 2.75) is 6.18 Å². The standard InChI is InChI=1S/C21H15F3N2O2/c22-21(23,24)16-7-4-8-18(13-16)26-20(28)15-9-11-17(12-10-15)25-19(27)14-5-2-1-3-6-14/h1-13H,(H,25,27)(H,26,28). The van der Waals surface area contributed by atoms with Gasteiger partial charge in [-0.15, -0.1) is 0 Å². The Morgan fingerprint density at radius 3 is 1.82 bits per heavy atom. The molecule has 0 aromatic heterocycles. The minimum Gasteiger partial charge on any atom is -0.322 e. The largest absolute Gasteiger partial charge is 0.416 e. The van der Waals surface area contributed by atoms with E-state index in [9.17, 15) is 22.8 Å². The number of rotatable bonds is 4. The van der Waals surface area contributed by atoms with Crippen LogP contribution in [0.3, 0.4) is 0 Å². The fraction of sp³-hybridized carbons (Fsp3) is 0.0476. The molecule has 28 heavy (non-hydrogen) atoms. The summed E-state index contributed by atoms with van der Waals surface area (Å²) in [4.78, 5) is 24.4. The smallest absolute Gasteiger partial charge is 0.322 e. The van der Waals surface area contributed by atoms with Crippen LogP contribution < -0.4 is 10.6 Å². The minimum atomic E-state index is -4.49. The van der Waals surface area contributed by atoms with Crippen molar-refractivity contribution in [3.63, 3.8) is 0 Å². The SMILES string of the molecule is O=C(Nc1ccc(C(=O)Nc2cccc(C(F)(F)F)c2)cc1)c1ccccc1. The lowest BCUT2D eigenvalue weighted by atomic mass is 10.1. The summed E-state index contributed by atoms with van der Waals surface area (Å²) in [6, 6.07) is 19.1. The van der Waals surface area contributed by atoms with E-state index in [1.807, 2.05) is 0 Å². The number of nitrogens with one attached hydrogen (secondary N) is 2. The Labute approximate surface area is 159 Å². The summed E-state index contributed by atoms with van der Waals surface area (Å²) in [5.74, 6) is -0.845. The fourth-order valence-corrected chi connectivity index (χ4v) is 2.47. The van der Waals surface area contributed by atoms with E-state index in [1.165, 1.54) is 24.3 Å². The molecule has 3 rings (SSSR count). The first-order chi connectivity index (χ1) is 13.3. The number of hydrogen-bond donors (Lipinski definition) is 2. The van der Waals surface area contributed by atoms with Gasteiger partial charge in [-0.2, -0.15) is 13.2 Å². The number of benzene rings is 3. The molecule has 0 radical (unpaired) electrons. The van der Waals surface area contributed by atoms with E-state index in [1.54, 1.807) is 42.5 Å². The molecule has 0 aliphatic carbocycles. The lowest BCUT2D eigenvalue weighted by Gasteiger charge is -2.10. The number of halogens is 3. The molecule has 142 valence electrons. The van der Waals surface area contributed by atoms with Crippen molar-refractivity contribution in [1.82, 2.24) is 0 Å². The third kappa shape index (κ3) is 4.76. The molecule has 0 spiro atoms. The molecule has 4 nitrogen and oxygen atoms in total. The van der Waals surface area contributed by atoms with Crippen LogP contribution >= 0.6 is 0 Å². The highest BCUT2D eigenvalue weighted by molar-refractivity contribution is 6.06. The third-order valence-corrected chi connectivity index (χ3v) is 3.89. The second-order valence-electron chi connectivity index (χ2n) is 5.93. The second-order valence-corrected chi connectivity index (χ2v) is 5.93. The molecule has 3 aromatic rings. The van der Waals surface area contributed by atoms with Gasteiger partial charge < -0.3 is 10.6 Å². The molecule has 0 heterocycles. The van der Waals surface area contributed by atoms with E-state index < -0.39 is 17.6 Å². The van der Waals surface area contributed by atoms with Gasteiger partial charge in [0.25, 0.3) is 11.8 Å². The maximum absolute atomic E-state index is 12.8. The Hall–Kier alpha value is -3.61. The van der Waals surface area contributed by atoms with Crippen LogP contribution in [0.5, 0.6) is 0 Å². The lowest BCUT2D eigenvalue weighted by molar-refractivity contribution is -0.137. The van der Waals surface area contributed by atoms with Crippen LogP contribution in [0, 0.1) is 0 Å². The summed E-state index contributed by atoms with van der Waals surface area (Å²) in [6.45, 7) is 0. The van der Waals surface area contributed by atoms with E-state index in [-0.39, 0.29) is 17.2 Å². The zero-order valence-electron chi connectivity index (χ0n) is 14.5. The van der Waals surface area contributed by atoms with Gasteiger partial charge in [0.15, 0.2) is 0 Å².